The van der Waals surface area contributed by atoms with E-state index in [9.17, 15) is 0 Å². The maximum Gasteiger partial charge on any atom is -0.00190 e. The zero-order valence-corrected chi connectivity index (χ0v) is 10.4. The first-order valence-electron chi connectivity index (χ1n) is 6.32. The highest BCUT2D eigenvalue weighted by Crippen LogP contribution is 2.31. The van der Waals surface area contributed by atoms with Crippen LogP contribution in [0.15, 0.2) is 0 Å². The predicted octanol–water partition coefficient (Wildman–Crippen LogP) is 3.40. The van der Waals surface area contributed by atoms with E-state index in [4.69, 9.17) is 0 Å². The normalized spacial score (nSPS) is 22.9. The molecule has 0 aromatic carbocycles. The Balaban J connectivity index is 2.36. The van der Waals surface area contributed by atoms with E-state index in [0.717, 1.165) is 17.8 Å². The highest BCUT2D eigenvalue weighted by atomic mass is 15.1. The zero-order valence-electron chi connectivity index (χ0n) is 10.4. The SMILES string of the molecule is CCC(CC(C)C)C1CCN(C)CC1. The van der Waals surface area contributed by atoms with Crippen LogP contribution in [0.5, 0.6) is 0 Å². The molecule has 1 aliphatic heterocycles. The van der Waals surface area contributed by atoms with Gasteiger partial charge >= 0.3 is 0 Å². The molecule has 1 saturated heterocycles. The number of likely N-dealkylation sites (tertiary alicyclic amines) is 1. The molecule has 1 nitrogen and oxygen atoms in total. The van der Waals surface area contributed by atoms with E-state index in [1.165, 1.54) is 38.8 Å². The molecular formula is C13H27N. The second kappa shape index (κ2) is 5.75. The lowest BCUT2D eigenvalue weighted by atomic mass is 9.78. The molecule has 1 atom stereocenters. The van der Waals surface area contributed by atoms with E-state index >= 15 is 0 Å². The van der Waals surface area contributed by atoms with E-state index in [-0.39, 0.29) is 0 Å². The molecule has 1 heteroatoms. The van der Waals surface area contributed by atoms with Gasteiger partial charge in [-0.25, -0.2) is 0 Å². The van der Waals surface area contributed by atoms with Crippen molar-refractivity contribution in [2.75, 3.05) is 20.1 Å². The van der Waals surface area contributed by atoms with Gasteiger partial charge in [0.05, 0.1) is 0 Å². The summed E-state index contributed by atoms with van der Waals surface area (Å²) >= 11 is 0. The smallest absolute Gasteiger partial charge is 0.00190 e. The summed E-state index contributed by atoms with van der Waals surface area (Å²) in [6, 6.07) is 0. The van der Waals surface area contributed by atoms with Crippen LogP contribution < -0.4 is 0 Å². The van der Waals surface area contributed by atoms with E-state index < -0.39 is 0 Å². The third-order valence-corrected chi connectivity index (χ3v) is 3.73. The van der Waals surface area contributed by atoms with Gasteiger partial charge in [0.25, 0.3) is 0 Å². The Kier molecular flexibility index (Phi) is 4.94. The van der Waals surface area contributed by atoms with E-state index in [1.807, 2.05) is 0 Å². The van der Waals surface area contributed by atoms with Crippen molar-refractivity contribution < 1.29 is 0 Å². The zero-order chi connectivity index (χ0) is 10.6. The summed E-state index contributed by atoms with van der Waals surface area (Å²) in [6.07, 6.45) is 5.68. The molecule has 0 spiro atoms. The third-order valence-electron chi connectivity index (χ3n) is 3.73. The second-order valence-electron chi connectivity index (χ2n) is 5.44. The highest BCUT2D eigenvalue weighted by Gasteiger charge is 2.24. The molecule has 1 rings (SSSR count). The van der Waals surface area contributed by atoms with Crippen LogP contribution >= 0.6 is 0 Å². The lowest BCUT2D eigenvalue weighted by Gasteiger charge is -2.34. The number of hydrogen-bond acceptors (Lipinski definition) is 1. The lowest BCUT2D eigenvalue weighted by molar-refractivity contribution is 0.153. The Bertz CT molecular complexity index is 145. The molecule has 1 unspecified atom stereocenters. The summed E-state index contributed by atoms with van der Waals surface area (Å²) in [4.78, 5) is 2.47. The van der Waals surface area contributed by atoms with Crippen LogP contribution in [0.2, 0.25) is 0 Å². The summed E-state index contributed by atoms with van der Waals surface area (Å²) in [6.45, 7) is 9.72. The van der Waals surface area contributed by atoms with Crippen molar-refractivity contribution >= 4 is 0 Å². The fourth-order valence-corrected chi connectivity index (χ4v) is 2.80. The number of rotatable bonds is 4. The van der Waals surface area contributed by atoms with Gasteiger partial charge in [-0.2, -0.15) is 0 Å². The van der Waals surface area contributed by atoms with Crippen molar-refractivity contribution in [2.24, 2.45) is 17.8 Å². The van der Waals surface area contributed by atoms with Crippen LogP contribution in [-0.2, 0) is 0 Å². The largest absolute Gasteiger partial charge is 0.306 e. The molecule has 0 radical (unpaired) electrons. The Hall–Kier alpha value is -0.0400. The molecule has 1 fully saturated rings. The van der Waals surface area contributed by atoms with Crippen molar-refractivity contribution in [3.8, 4) is 0 Å². The predicted molar refractivity (Wildman–Crippen MR) is 63.5 cm³/mol. The van der Waals surface area contributed by atoms with Crippen molar-refractivity contribution in [3.05, 3.63) is 0 Å². The van der Waals surface area contributed by atoms with Gasteiger partial charge in [-0.05, 0) is 57.2 Å². The minimum Gasteiger partial charge on any atom is -0.306 e. The standard InChI is InChI=1S/C13H27N/c1-5-12(10-11(2)3)13-6-8-14(4)9-7-13/h11-13H,5-10H2,1-4H3. The maximum absolute atomic E-state index is 2.47. The van der Waals surface area contributed by atoms with Gasteiger partial charge in [-0.3, -0.25) is 0 Å². The number of piperidine rings is 1. The van der Waals surface area contributed by atoms with Crippen LogP contribution in [0.1, 0.15) is 46.5 Å². The van der Waals surface area contributed by atoms with Gasteiger partial charge in [-0.1, -0.05) is 27.2 Å². The van der Waals surface area contributed by atoms with Crippen LogP contribution in [-0.4, -0.2) is 25.0 Å². The molecule has 14 heavy (non-hydrogen) atoms. The summed E-state index contributed by atoms with van der Waals surface area (Å²) in [5.74, 6) is 2.88. The maximum atomic E-state index is 2.47. The molecule has 0 aromatic rings. The Morgan fingerprint density at radius 1 is 1.21 bits per heavy atom. The van der Waals surface area contributed by atoms with Gasteiger partial charge in [-0.15, -0.1) is 0 Å². The molecular weight excluding hydrogens is 170 g/mol. The van der Waals surface area contributed by atoms with E-state index in [1.54, 1.807) is 0 Å². The van der Waals surface area contributed by atoms with E-state index in [2.05, 4.69) is 32.7 Å². The van der Waals surface area contributed by atoms with Crippen molar-refractivity contribution in [1.29, 1.82) is 0 Å². The second-order valence-corrected chi connectivity index (χ2v) is 5.44. The Morgan fingerprint density at radius 3 is 2.21 bits per heavy atom. The Labute approximate surface area is 89.9 Å². The van der Waals surface area contributed by atoms with Gasteiger partial charge in [0.15, 0.2) is 0 Å². The minimum absolute atomic E-state index is 0.875. The summed E-state index contributed by atoms with van der Waals surface area (Å²) in [7, 11) is 2.25. The van der Waals surface area contributed by atoms with Crippen molar-refractivity contribution in [2.45, 2.75) is 46.5 Å². The molecule has 1 aliphatic rings. The van der Waals surface area contributed by atoms with Gasteiger partial charge < -0.3 is 4.90 Å². The fraction of sp³-hybridized carbons (Fsp3) is 1.00. The quantitative estimate of drug-likeness (QED) is 0.667. The monoisotopic (exact) mass is 197 g/mol. The molecule has 1 heterocycles. The molecule has 0 saturated carbocycles. The lowest BCUT2D eigenvalue weighted by Crippen LogP contribution is -2.33. The molecule has 0 bridgehead atoms. The first-order chi connectivity index (χ1) is 6.63. The summed E-state index contributed by atoms with van der Waals surface area (Å²) in [5, 5.41) is 0. The Morgan fingerprint density at radius 2 is 1.79 bits per heavy atom. The van der Waals surface area contributed by atoms with Crippen molar-refractivity contribution in [3.63, 3.8) is 0 Å². The fourth-order valence-electron chi connectivity index (χ4n) is 2.80. The van der Waals surface area contributed by atoms with Gasteiger partial charge in [0.1, 0.15) is 0 Å². The summed E-state index contributed by atoms with van der Waals surface area (Å²) in [5.41, 5.74) is 0. The van der Waals surface area contributed by atoms with Crippen LogP contribution in [0.4, 0.5) is 0 Å². The molecule has 0 amide bonds. The third kappa shape index (κ3) is 3.61. The first-order valence-corrected chi connectivity index (χ1v) is 6.32. The average Bonchev–Trinajstić information content (AvgIpc) is 2.15. The number of hydrogen-bond donors (Lipinski definition) is 0. The topological polar surface area (TPSA) is 3.24 Å². The molecule has 0 aliphatic carbocycles. The van der Waals surface area contributed by atoms with Crippen LogP contribution in [0, 0.1) is 17.8 Å². The van der Waals surface area contributed by atoms with Gasteiger partial charge in [0.2, 0.25) is 0 Å². The van der Waals surface area contributed by atoms with Crippen LogP contribution in [0.3, 0.4) is 0 Å². The molecule has 0 aromatic heterocycles. The molecule has 0 N–H and O–H groups in total. The van der Waals surface area contributed by atoms with Crippen LogP contribution in [0.25, 0.3) is 0 Å². The first kappa shape index (κ1) is 12.0. The highest BCUT2D eigenvalue weighted by molar-refractivity contribution is 4.76. The summed E-state index contributed by atoms with van der Waals surface area (Å²) < 4.78 is 0. The minimum atomic E-state index is 0.875. The van der Waals surface area contributed by atoms with Gasteiger partial charge in [0, 0.05) is 0 Å². The van der Waals surface area contributed by atoms with E-state index in [0.29, 0.717) is 0 Å². The molecule has 84 valence electrons. The average molecular weight is 197 g/mol. The number of nitrogens with zero attached hydrogens (tertiary/aromatic N) is 1. The van der Waals surface area contributed by atoms with Crippen molar-refractivity contribution in [1.82, 2.24) is 4.90 Å².